The maximum absolute atomic E-state index is 12.4. The second-order valence-electron chi connectivity index (χ2n) is 8.02. The van der Waals surface area contributed by atoms with E-state index in [0.717, 1.165) is 4.48 Å². The van der Waals surface area contributed by atoms with Crippen LogP contribution in [0, 0.1) is 0 Å². The lowest BCUT2D eigenvalue weighted by atomic mass is 10.1. The van der Waals surface area contributed by atoms with Gasteiger partial charge in [0.25, 0.3) is 11.8 Å². The molecule has 0 saturated carbocycles. The molecular weight excluding hydrogens is 422 g/mol. The van der Waals surface area contributed by atoms with Gasteiger partial charge in [-0.15, -0.1) is 0 Å². The fraction of sp³-hybridized carbons (Fsp3) is 0.524. The average molecular weight is 452 g/mol. The lowest BCUT2D eigenvalue weighted by Crippen LogP contribution is -2.48. The summed E-state index contributed by atoms with van der Waals surface area (Å²) in [5, 5.41) is 0. The second-order valence-corrected chi connectivity index (χ2v) is 14.5. The van der Waals surface area contributed by atoms with E-state index >= 15 is 0 Å². The highest BCUT2D eigenvalue weighted by Gasteiger charge is 2.45. The smallest absolute Gasteiger partial charge is 0.261 e. The van der Waals surface area contributed by atoms with Crippen molar-refractivity contribution in [1.29, 1.82) is 0 Å². The summed E-state index contributed by atoms with van der Waals surface area (Å²) in [6.07, 6.45) is 1.86. The third-order valence-electron chi connectivity index (χ3n) is 5.54. The molecule has 1 aliphatic heterocycles. The van der Waals surface area contributed by atoms with Gasteiger partial charge in [-0.05, 0) is 28.8 Å². The highest BCUT2D eigenvalue weighted by Crippen LogP contribution is 2.42. The molecule has 0 aliphatic carbocycles. The number of benzene rings is 1. The number of amides is 2. The van der Waals surface area contributed by atoms with Gasteiger partial charge in [-0.25, -0.2) is 0 Å². The summed E-state index contributed by atoms with van der Waals surface area (Å²) in [4.78, 5) is 26.2. The molecular formula is C21H30BrNO3Si. The molecule has 148 valence electrons. The van der Waals surface area contributed by atoms with Crippen LogP contribution in [0.25, 0.3) is 0 Å². The van der Waals surface area contributed by atoms with Crippen molar-refractivity contribution >= 4 is 36.1 Å². The van der Waals surface area contributed by atoms with Gasteiger partial charge in [-0.2, -0.15) is 0 Å². The van der Waals surface area contributed by atoms with Gasteiger partial charge in [0.1, 0.15) is 0 Å². The molecule has 1 aromatic rings. The van der Waals surface area contributed by atoms with E-state index in [9.17, 15) is 9.59 Å². The van der Waals surface area contributed by atoms with Gasteiger partial charge in [0.15, 0.2) is 0 Å². The maximum Gasteiger partial charge on any atom is 0.261 e. The van der Waals surface area contributed by atoms with Crippen molar-refractivity contribution in [3.05, 3.63) is 46.0 Å². The minimum atomic E-state index is -1.95. The van der Waals surface area contributed by atoms with Crippen molar-refractivity contribution in [1.82, 2.24) is 4.90 Å². The van der Waals surface area contributed by atoms with Crippen LogP contribution in [0.15, 0.2) is 34.8 Å². The van der Waals surface area contributed by atoms with Crippen LogP contribution in [0.4, 0.5) is 0 Å². The highest BCUT2D eigenvalue weighted by atomic mass is 79.9. The molecule has 1 aromatic carbocycles. The Labute approximate surface area is 172 Å². The molecule has 0 spiro atoms. The first-order valence-corrected chi connectivity index (χ1v) is 12.5. The second kappa shape index (κ2) is 8.84. The first-order chi connectivity index (χ1) is 12.6. The van der Waals surface area contributed by atoms with Gasteiger partial charge < -0.3 is 4.43 Å². The molecule has 0 radical (unpaired) electrons. The van der Waals surface area contributed by atoms with Gasteiger partial charge >= 0.3 is 0 Å². The standard InChI is InChI=1S/C21H30BrNO3Si/c1-14(2)27(15(3)4,16(5)6)26-13-17(22)11-12-23-20(24)18-9-7-8-10-19(18)21(23)25/h7-11,14-16H,12-13H2,1-6H3/b17-11-. The number of carbonyl (C=O) groups is 2. The summed E-state index contributed by atoms with van der Waals surface area (Å²) >= 11 is 3.57. The Balaban J connectivity index is 2.07. The fourth-order valence-corrected chi connectivity index (χ4v) is 10.2. The van der Waals surface area contributed by atoms with E-state index in [-0.39, 0.29) is 18.4 Å². The molecule has 0 bridgehead atoms. The SMILES string of the molecule is CC(C)[Si](OC/C(Br)=C/CN1C(=O)c2ccccc2C1=O)(C(C)C)C(C)C. The average Bonchev–Trinajstić information content (AvgIpc) is 2.84. The van der Waals surface area contributed by atoms with E-state index < -0.39 is 8.32 Å². The lowest BCUT2D eigenvalue weighted by molar-refractivity contribution is 0.0671. The molecule has 2 rings (SSSR count). The minimum absolute atomic E-state index is 0.233. The number of hydrogen-bond acceptors (Lipinski definition) is 3. The summed E-state index contributed by atoms with van der Waals surface area (Å²) in [6.45, 7) is 14.2. The van der Waals surface area contributed by atoms with E-state index in [4.69, 9.17) is 4.43 Å². The van der Waals surface area contributed by atoms with E-state index in [1.54, 1.807) is 24.3 Å². The van der Waals surface area contributed by atoms with Crippen molar-refractivity contribution in [2.24, 2.45) is 0 Å². The molecule has 0 fully saturated rings. The van der Waals surface area contributed by atoms with Crippen molar-refractivity contribution in [2.75, 3.05) is 13.2 Å². The first-order valence-electron chi connectivity index (χ1n) is 9.56. The highest BCUT2D eigenvalue weighted by molar-refractivity contribution is 9.11. The zero-order valence-electron chi connectivity index (χ0n) is 17.1. The Morgan fingerprint density at radius 1 is 1.00 bits per heavy atom. The molecule has 0 atom stereocenters. The molecule has 1 aliphatic rings. The van der Waals surface area contributed by atoms with Crippen molar-refractivity contribution < 1.29 is 14.0 Å². The molecule has 1 heterocycles. The Morgan fingerprint density at radius 2 is 1.44 bits per heavy atom. The number of hydrogen-bond donors (Lipinski definition) is 0. The first kappa shape index (κ1) is 22.1. The van der Waals surface area contributed by atoms with Gasteiger partial charge in [-0.3, -0.25) is 14.5 Å². The number of carbonyl (C=O) groups excluding carboxylic acids is 2. The summed E-state index contributed by atoms with van der Waals surface area (Å²) < 4.78 is 7.41. The topological polar surface area (TPSA) is 46.6 Å². The monoisotopic (exact) mass is 451 g/mol. The van der Waals surface area contributed by atoms with E-state index in [1.165, 1.54) is 4.90 Å². The van der Waals surface area contributed by atoms with E-state index in [0.29, 0.717) is 34.4 Å². The summed E-state index contributed by atoms with van der Waals surface area (Å²) in [5.74, 6) is -0.466. The molecule has 0 saturated heterocycles. The minimum Gasteiger partial charge on any atom is -0.411 e. The van der Waals surface area contributed by atoms with E-state index in [2.05, 4.69) is 57.5 Å². The third kappa shape index (κ3) is 4.28. The van der Waals surface area contributed by atoms with Crippen LogP contribution in [0.1, 0.15) is 62.3 Å². The van der Waals surface area contributed by atoms with Crippen LogP contribution >= 0.6 is 15.9 Å². The zero-order chi connectivity index (χ0) is 20.4. The fourth-order valence-electron chi connectivity index (χ4n) is 4.35. The lowest BCUT2D eigenvalue weighted by Gasteiger charge is -2.42. The quantitative estimate of drug-likeness (QED) is 0.373. The number of rotatable bonds is 8. The van der Waals surface area contributed by atoms with E-state index in [1.807, 2.05) is 6.08 Å². The Bertz CT molecular complexity index is 686. The Hall–Kier alpha value is -1.24. The van der Waals surface area contributed by atoms with Crippen LogP contribution < -0.4 is 0 Å². The molecule has 0 unspecified atom stereocenters. The normalized spacial score (nSPS) is 15.5. The predicted molar refractivity (Wildman–Crippen MR) is 116 cm³/mol. The maximum atomic E-state index is 12.4. The molecule has 6 heteroatoms. The number of halogens is 1. The van der Waals surface area contributed by atoms with Crippen molar-refractivity contribution in [2.45, 2.75) is 58.2 Å². The number of imide groups is 1. The van der Waals surface area contributed by atoms with Crippen molar-refractivity contribution in [3.8, 4) is 0 Å². The molecule has 2 amide bonds. The number of nitrogens with zero attached hydrogens (tertiary/aromatic N) is 1. The number of fused-ring (bicyclic) bond motifs is 1. The third-order valence-corrected chi connectivity index (χ3v) is 12.2. The van der Waals surface area contributed by atoms with Crippen LogP contribution in [-0.2, 0) is 4.43 Å². The summed E-state index contributed by atoms with van der Waals surface area (Å²) in [5.41, 5.74) is 2.49. The summed E-state index contributed by atoms with van der Waals surface area (Å²) in [7, 11) is -1.95. The summed E-state index contributed by atoms with van der Waals surface area (Å²) in [6, 6.07) is 6.96. The Morgan fingerprint density at radius 3 is 1.85 bits per heavy atom. The zero-order valence-corrected chi connectivity index (χ0v) is 19.7. The van der Waals surface area contributed by atoms with Crippen molar-refractivity contribution in [3.63, 3.8) is 0 Å². The predicted octanol–water partition coefficient (Wildman–Crippen LogP) is 5.75. The van der Waals surface area contributed by atoms with Crippen LogP contribution in [0.5, 0.6) is 0 Å². The van der Waals surface area contributed by atoms with Crippen LogP contribution in [-0.4, -0.2) is 38.2 Å². The molecule has 0 aromatic heterocycles. The van der Waals surface area contributed by atoms with Gasteiger partial charge in [0.05, 0.1) is 17.7 Å². The van der Waals surface area contributed by atoms with Crippen LogP contribution in [0.3, 0.4) is 0 Å². The van der Waals surface area contributed by atoms with Crippen LogP contribution in [0.2, 0.25) is 16.6 Å². The van der Waals surface area contributed by atoms with Gasteiger partial charge in [0, 0.05) is 11.0 Å². The Kier molecular flexibility index (Phi) is 7.22. The van der Waals surface area contributed by atoms with Gasteiger partial charge in [0.2, 0.25) is 8.32 Å². The largest absolute Gasteiger partial charge is 0.411 e. The molecule has 27 heavy (non-hydrogen) atoms. The molecule has 0 N–H and O–H groups in total. The molecule has 4 nitrogen and oxygen atoms in total. The van der Waals surface area contributed by atoms with Gasteiger partial charge in [-0.1, -0.05) is 75.7 Å².